The number of nitro benzene ring substituents is 1. The van der Waals surface area contributed by atoms with Gasteiger partial charge in [0, 0.05) is 12.1 Å². The molecule has 2 aromatic carbocycles. The third-order valence-electron chi connectivity index (χ3n) is 4.22. The summed E-state index contributed by atoms with van der Waals surface area (Å²) in [7, 11) is 0. The summed E-state index contributed by atoms with van der Waals surface area (Å²) >= 11 is 0. The molecule has 0 bridgehead atoms. The molecule has 2 aromatic rings. The van der Waals surface area contributed by atoms with Gasteiger partial charge >= 0.3 is 12.1 Å². The van der Waals surface area contributed by atoms with E-state index in [1.165, 1.54) is 24.3 Å². The highest BCUT2D eigenvalue weighted by atomic mass is 16.6. The minimum Gasteiger partial charge on any atom is -0.445 e. The van der Waals surface area contributed by atoms with Crippen molar-refractivity contribution in [3.8, 4) is 5.75 Å². The van der Waals surface area contributed by atoms with Crippen molar-refractivity contribution in [1.82, 2.24) is 5.32 Å². The largest absolute Gasteiger partial charge is 0.445 e. The van der Waals surface area contributed by atoms with Gasteiger partial charge in [-0.1, -0.05) is 50.6 Å². The number of non-ortho nitro benzene ring substituents is 1. The Kier molecular flexibility index (Phi) is 7.50. The fraction of sp³-hybridized carbons (Fsp3) is 0.300. The standard InChI is InChI=1S/C20H22N2O6/c1-3-14(2)18(21-20(24)27-13-15-7-5-4-6-8-15)19(23)28-17-11-9-16(10-12-17)22(25)26/h4-12,14,18H,3,13H2,1-2H3,(H,21,24)/t14-,18+/m0/s1. The van der Waals surface area contributed by atoms with Crippen LogP contribution in [0.1, 0.15) is 25.8 Å². The Morgan fingerprint density at radius 1 is 1.11 bits per heavy atom. The molecule has 0 spiro atoms. The number of nitrogens with one attached hydrogen (secondary N) is 1. The molecule has 0 aliphatic rings. The Morgan fingerprint density at radius 2 is 1.75 bits per heavy atom. The molecule has 0 heterocycles. The van der Waals surface area contributed by atoms with Crippen LogP contribution in [0, 0.1) is 16.0 Å². The Bertz CT molecular complexity index is 807. The minimum absolute atomic E-state index is 0.0807. The monoisotopic (exact) mass is 386 g/mol. The van der Waals surface area contributed by atoms with Gasteiger partial charge in [-0.2, -0.15) is 0 Å². The smallest absolute Gasteiger partial charge is 0.408 e. The van der Waals surface area contributed by atoms with E-state index >= 15 is 0 Å². The van der Waals surface area contributed by atoms with E-state index in [0.717, 1.165) is 5.56 Å². The van der Waals surface area contributed by atoms with Gasteiger partial charge in [-0.25, -0.2) is 9.59 Å². The molecule has 148 valence electrons. The summed E-state index contributed by atoms with van der Waals surface area (Å²) < 4.78 is 10.4. The molecule has 1 N–H and O–H groups in total. The highest BCUT2D eigenvalue weighted by Crippen LogP contribution is 2.19. The second kappa shape index (κ2) is 10.1. The topological polar surface area (TPSA) is 108 Å². The minimum atomic E-state index is -0.913. The number of nitrogens with zero attached hydrogens (tertiary/aromatic N) is 1. The van der Waals surface area contributed by atoms with Gasteiger partial charge in [-0.3, -0.25) is 10.1 Å². The average Bonchev–Trinajstić information content (AvgIpc) is 2.71. The molecule has 8 heteroatoms. The zero-order valence-corrected chi connectivity index (χ0v) is 15.7. The van der Waals surface area contributed by atoms with Crippen LogP contribution < -0.4 is 10.1 Å². The van der Waals surface area contributed by atoms with E-state index in [1.54, 1.807) is 6.92 Å². The third-order valence-corrected chi connectivity index (χ3v) is 4.22. The van der Waals surface area contributed by atoms with E-state index in [2.05, 4.69) is 5.32 Å². The maximum absolute atomic E-state index is 12.5. The molecule has 0 aliphatic heterocycles. The second-order valence-corrected chi connectivity index (χ2v) is 6.24. The fourth-order valence-electron chi connectivity index (χ4n) is 2.38. The van der Waals surface area contributed by atoms with Crippen molar-refractivity contribution < 1.29 is 24.0 Å². The number of esters is 1. The van der Waals surface area contributed by atoms with Crippen molar-refractivity contribution in [2.45, 2.75) is 32.9 Å². The average molecular weight is 386 g/mol. The van der Waals surface area contributed by atoms with Crippen LogP contribution in [0.15, 0.2) is 54.6 Å². The normalized spacial score (nSPS) is 12.5. The number of amides is 1. The lowest BCUT2D eigenvalue weighted by molar-refractivity contribution is -0.384. The van der Waals surface area contributed by atoms with E-state index in [-0.39, 0.29) is 24.0 Å². The van der Waals surface area contributed by atoms with Crippen LogP contribution in [0.3, 0.4) is 0 Å². The summed E-state index contributed by atoms with van der Waals surface area (Å²) in [6.45, 7) is 3.77. The SMILES string of the molecule is CC[C@H](C)[C@@H](NC(=O)OCc1ccccc1)C(=O)Oc1ccc([N+](=O)[O-])cc1. The second-order valence-electron chi connectivity index (χ2n) is 6.24. The van der Waals surface area contributed by atoms with Crippen molar-refractivity contribution in [1.29, 1.82) is 0 Å². The quantitative estimate of drug-likeness (QED) is 0.320. The summed E-state index contributed by atoms with van der Waals surface area (Å²) in [6, 6.07) is 13.4. The van der Waals surface area contributed by atoms with Gasteiger partial charge < -0.3 is 14.8 Å². The van der Waals surface area contributed by atoms with Crippen molar-refractivity contribution >= 4 is 17.7 Å². The van der Waals surface area contributed by atoms with Crippen molar-refractivity contribution in [3.05, 3.63) is 70.3 Å². The molecule has 0 saturated heterocycles. The maximum atomic E-state index is 12.5. The van der Waals surface area contributed by atoms with E-state index in [0.29, 0.717) is 6.42 Å². The zero-order chi connectivity index (χ0) is 20.5. The van der Waals surface area contributed by atoms with Crippen molar-refractivity contribution in [2.75, 3.05) is 0 Å². The molecular weight excluding hydrogens is 364 g/mol. The van der Waals surface area contributed by atoms with Crippen LogP contribution in [-0.2, 0) is 16.1 Å². The van der Waals surface area contributed by atoms with Crippen LogP contribution in [0.2, 0.25) is 0 Å². The van der Waals surface area contributed by atoms with Crippen LogP contribution in [0.25, 0.3) is 0 Å². The number of nitro groups is 1. The molecule has 0 aromatic heterocycles. The molecule has 0 saturated carbocycles. The van der Waals surface area contributed by atoms with Crippen molar-refractivity contribution in [2.24, 2.45) is 5.92 Å². The Hall–Kier alpha value is -3.42. The zero-order valence-electron chi connectivity index (χ0n) is 15.7. The van der Waals surface area contributed by atoms with Gasteiger partial charge in [0.25, 0.3) is 5.69 Å². The summed E-state index contributed by atoms with van der Waals surface area (Å²) in [5, 5.41) is 13.2. The number of hydrogen-bond donors (Lipinski definition) is 1. The highest BCUT2D eigenvalue weighted by Gasteiger charge is 2.28. The predicted molar refractivity (Wildman–Crippen MR) is 102 cm³/mol. The molecule has 0 aliphatic carbocycles. The van der Waals surface area contributed by atoms with Gasteiger partial charge in [0.05, 0.1) is 4.92 Å². The number of rotatable bonds is 8. The highest BCUT2D eigenvalue weighted by molar-refractivity contribution is 5.83. The summed E-state index contributed by atoms with van der Waals surface area (Å²) in [5.74, 6) is -0.710. The first kappa shape index (κ1) is 20.9. The molecule has 2 atom stereocenters. The summed E-state index contributed by atoms with van der Waals surface area (Å²) in [4.78, 5) is 34.8. The Labute approximate surface area is 162 Å². The van der Waals surface area contributed by atoms with E-state index < -0.39 is 23.0 Å². The number of hydrogen-bond acceptors (Lipinski definition) is 6. The van der Waals surface area contributed by atoms with Crippen LogP contribution in [0.4, 0.5) is 10.5 Å². The summed E-state index contributed by atoms with van der Waals surface area (Å²) in [6.07, 6.45) is -0.103. The lowest BCUT2D eigenvalue weighted by Crippen LogP contribution is -2.47. The fourth-order valence-corrected chi connectivity index (χ4v) is 2.38. The Balaban J connectivity index is 1.98. The van der Waals surface area contributed by atoms with Gasteiger partial charge in [0.2, 0.25) is 0 Å². The molecular formula is C20H22N2O6. The van der Waals surface area contributed by atoms with Gasteiger partial charge in [0.1, 0.15) is 18.4 Å². The molecule has 8 nitrogen and oxygen atoms in total. The molecule has 2 rings (SSSR count). The van der Waals surface area contributed by atoms with Crippen molar-refractivity contribution in [3.63, 3.8) is 0 Å². The molecule has 28 heavy (non-hydrogen) atoms. The first-order valence-electron chi connectivity index (χ1n) is 8.84. The number of benzene rings is 2. The van der Waals surface area contributed by atoms with Gasteiger partial charge in [-0.15, -0.1) is 0 Å². The molecule has 0 fully saturated rings. The van der Waals surface area contributed by atoms with Crippen LogP contribution in [-0.4, -0.2) is 23.0 Å². The van der Waals surface area contributed by atoms with Gasteiger partial charge in [0.15, 0.2) is 0 Å². The number of alkyl carbamates (subject to hydrolysis) is 1. The van der Waals surface area contributed by atoms with E-state index in [4.69, 9.17) is 9.47 Å². The van der Waals surface area contributed by atoms with E-state index in [9.17, 15) is 19.7 Å². The Morgan fingerprint density at radius 3 is 2.32 bits per heavy atom. The number of ether oxygens (including phenoxy) is 2. The van der Waals surface area contributed by atoms with Crippen LogP contribution >= 0.6 is 0 Å². The number of carbonyl (C=O) groups is 2. The lowest BCUT2D eigenvalue weighted by atomic mass is 9.99. The molecule has 0 radical (unpaired) electrons. The molecule has 1 amide bonds. The third kappa shape index (κ3) is 6.08. The van der Waals surface area contributed by atoms with Crippen LogP contribution in [0.5, 0.6) is 5.75 Å². The molecule has 0 unspecified atom stereocenters. The summed E-state index contributed by atoms with van der Waals surface area (Å²) in [5.41, 5.74) is 0.715. The van der Waals surface area contributed by atoms with E-state index in [1.807, 2.05) is 37.3 Å². The first-order valence-corrected chi connectivity index (χ1v) is 8.84. The first-order chi connectivity index (χ1) is 13.4. The van der Waals surface area contributed by atoms with Gasteiger partial charge in [-0.05, 0) is 23.6 Å². The number of carbonyl (C=O) groups excluding carboxylic acids is 2. The maximum Gasteiger partial charge on any atom is 0.408 e. The predicted octanol–water partition coefficient (Wildman–Crippen LogP) is 3.84. The lowest BCUT2D eigenvalue weighted by Gasteiger charge is -2.22.